The van der Waals surface area contributed by atoms with Gasteiger partial charge in [-0.2, -0.15) is 0 Å². The van der Waals surface area contributed by atoms with Crippen molar-refractivity contribution < 1.29 is 14.4 Å². The zero-order chi connectivity index (χ0) is 21.6. The molecule has 1 aliphatic heterocycles. The lowest BCUT2D eigenvalue weighted by Gasteiger charge is -2.29. The Morgan fingerprint density at radius 2 is 1.79 bits per heavy atom. The summed E-state index contributed by atoms with van der Waals surface area (Å²) in [5, 5.41) is 3.22. The second kappa shape index (κ2) is 10.6. The standard InChI is InChI=1S/C21H31ClN4O3/c1-15(2)19(23-20(28)16-8-5-6-9-17(16)22)21(29)26-11-7-10-25(12-13-26)14-18(27)24(3)4/h5-6,8-9,15,19H,7,10-14H2,1-4H3,(H,23,28). The van der Waals surface area contributed by atoms with Gasteiger partial charge in [-0.3, -0.25) is 19.3 Å². The first-order valence-electron chi connectivity index (χ1n) is 9.97. The van der Waals surface area contributed by atoms with Gasteiger partial charge in [-0.15, -0.1) is 0 Å². The Balaban J connectivity index is 2.02. The van der Waals surface area contributed by atoms with Crippen LogP contribution in [0.5, 0.6) is 0 Å². The Bertz CT molecular complexity index is 738. The highest BCUT2D eigenvalue weighted by Gasteiger charge is 2.30. The highest BCUT2D eigenvalue weighted by molar-refractivity contribution is 6.33. The zero-order valence-corrected chi connectivity index (χ0v) is 18.4. The van der Waals surface area contributed by atoms with Crippen LogP contribution in [0.4, 0.5) is 0 Å². The van der Waals surface area contributed by atoms with E-state index in [2.05, 4.69) is 10.2 Å². The lowest BCUT2D eigenvalue weighted by atomic mass is 10.0. The number of nitrogens with zero attached hydrogens (tertiary/aromatic N) is 3. The highest BCUT2D eigenvalue weighted by Crippen LogP contribution is 2.16. The average Bonchev–Trinajstić information content (AvgIpc) is 2.91. The molecule has 1 aromatic rings. The predicted octanol–water partition coefficient (Wildman–Crippen LogP) is 1.72. The van der Waals surface area contributed by atoms with E-state index in [4.69, 9.17) is 11.6 Å². The zero-order valence-electron chi connectivity index (χ0n) is 17.7. The maximum Gasteiger partial charge on any atom is 0.253 e. The van der Waals surface area contributed by atoms with Crippen LogP contribution in [-0.4, -0.2) is 85.3 Å². The first kappa shape index (κ1) is 23.2. The van der Waals surface area contributed by atoms with Crippen molar-refractivity contribution in [3.05, 3.63) is 34.9 Å². The molecular formula is C21H31ClN4O3. The van der Waals surface area contributed by atoms with Crippen LogP contribution in [-0.2, 0) is 9.59 Å². The summed E-state index contributed by atoms with van der Waals surface area (Å²) in [7, 11) is 3.48. The van der Waals surface area contributed by atoms with Gasteiger partial charge in [0, 0.05) is 40.3 Å². The van der Waals surface area contributed by atoms with Crippen LogP contribution in [0.3, 0.4) is 0 Å². The van der Waals surface area contributed by atoms with E-state index in [1.54, 1.807) is 48.2 Å². The Hall–Kier alpha value is -2.12. The fourth-order valence-corrected chi connectivity index (χ4v) is 3.48. The van der Waals surface area contributed by atoms with Gasteiger partial charge in [-0.25, -0.2) is 0 Å². The van der Waals surface area contributed by atoms with Gasteiger partial charge >= 0.3 is 0 Å². The highest BCUT2D eigenvalue weighted by atomic mass is 35.5. The molecule has 1 atom stereocenters. The number of benzene rings is 1. The molecule has 7 nitrogen and oxygen atoms in total. The summed E-state index contributed by atoms with van der Waals surface area (Å²) in [6.45, 7) is 6.72. The van der Waals surface area contributed by atoms with Crippen LogP contribution in [0.25, 0.3) is 0 Å². The minimum atomic E-state index is -0.631. The molecule has 29 heavy (non-hydrogen) atoms. The van der Waals surface area contributed by atoms with Crippen LogP contribution in [0, 0.1) is 5.92 Å². The predicted molar refractivity (Wildman–Crippen MR) is 114 cm³/mol. The van der Waals surface area contributed by atoms with Crippen LogP contribution >= 0.6 is 11.6 Å². The summed E-state index contributed by atoms with van der Waals surface area (Å²) < 4.78 is 0. The van der Waals surface area contributed by atoms with Gasteiger partial charge in [0.2, 0.25) is 11.8 Å². The van der Waals surface area contributed by atoms with Crippen molar-refractivity contribution >= 4 is 29.3 Å². The Morgan fingerprint density at radius 3 is 2.41 bits per heavy atom. The summed E-state index contributed by atoms with van der Waals surface area (Å²) in [5.74, 6) is -0.461. The summed E-state index contributed by atoms with van der Waals surface area (Å²) in [6, 6.07) is 6.17. The van der Waals surface area contributed by atoms with E-state index in [0.29, 0.717) is 36.8 Å². The van der Waals surface area contributed by atoms with Crippen LogP contribution < -0.4 is 5.32 Å². The van der Waals surface area contributed by atoms with Gasteiger partial charge in [-0.1, -0.05) is 37.6 Å². The molecule has 1 unspecified atom stereocenters. The Labute approximate surface area is 178 Å². The molecular weight excluding hydrogens is 392 g/mol. The molecule has 3 amide bonds. The number of likely N-dealkylation sites (N-methyl/N-ethyl adjacent to an activating group) is 1. The summed E-state index contributed by atoms with van der Waals surface area (Å²) in [4.78, 5) is 43.2. The van der Waals surface area contributed by atoms with Gasteiger partial charge < -0.3 is 15.1 Å². The number of halogens is 1. The SMILES string of the molecule is CC(C)C(NC(=O)c1ccccc1Cl)C(=O)N1CCCN(CC(=O)N(C)C)CC1. The third-order valence-electron chi connectivity index (χ3n) is 5.10. The third-order valence-corrected chi connectivity index (χ3v) is 5.43. The monoisotopic (exact) mass is 422 g/mol. The van der Waals surface area contributed by atoms with Gasteiger partial charge in [-0.05, 0) is 24.5 Å². The van der Waals surface area contributed by atoms with Crippen molar-refractivity contribution in [1.82, 2.24) is 20.0 Å². The molecule has 0 spiro atoms. The van der Waals surface area contributed by atoms with E-state index in [1.807, 2.05) is 13.8 Å². The smallest absolute Gasteiger partial charge is 0.253 e. The van der Waals surface area contributed by atoms with Crippen molar-refractivity contribution in [3.63, 3.8) is 0 Å². The molecule has 0 aromatic heterocycles. The fourth-order valence-electron chi connectivity index (χ4n) is 3.26. The van der Waals surface area contributed by atoms with Gasteiger partial charge in [0.1, 0.15) is 6.04 Å². The van der Waals surface area contributed by atoms with Crippen LogP contribution in [0.15, 0.2) is 24.3 Å². The molecule has 2 rings (SSSR count). The molecule has 1 N–H and O–H groups in total. The number of hydrogen-bond acceptors (Lipinski definition) is 4. The van der Waals surface area contributed by atoms with Crippen molar-refractivity contribution in [2.75, 3.05) is 46.8 Å². The number of carbonyl (C=O) groups is 3. The Morgan fingerprint density at radius 1 is 1.10 bits per heavy atom. The number of rotatable bonds is 6. The minimum Gasteiger partial charge on any atom is -0.348 e. The summed E-state index contributed by atoms with van der Waals surface area (Å²) in [5.41, 5.74) is 0.358. The van der Waals surface area contributed by atoms with Crippen LogP contribution in [0.1, 0.15) is 30.6 Å². The van der Waals surface area contributed by atoms with E-state index in [1.165, 1.54) is 0 Å². The molecule has 1 heterocycles. The van der Waals surface area contributed by atoms with Crippen molar-refractivity contribution in [2.24, 2.45) is 5.92 Å². The van der Waals surface area contributed by atoms with Crippen molar-refractivity contribution in [2.45, 2.75) is 26.3 Å². The van der Waals surface area contributed by atoms with Crippen LogP contribution in [0.2, 0.25) is 5.02 Å². The minimum absolute atomic E-state index is 0.0526. The van der Waals surface area contributed by atoms with Crippen molar-refractivity contribution in [3.8, 4) is 0 Å². The molecule has 160 valence electrons. The number of nitrogens with one attached hydrogen (secondary N) is 1. The van der Waals surface area contributed by atoms with Gasteiger partial charge in [0.15, 0.2) is 0 Å². The van der Waals surface area contributed by atoms with Crippen molar-refractivity contribution in [1.29, 1.82) is 0 Å². The van der Waals surface area contributed by atoms with E-state index in [0.717, 1.165) is 13.0 Å². The molecule has 1 aromatic carbocycles. The molecule has 0 saturated carbocycles. The molecule has 8 heteroatoms. The largest absolute Gasteiger partial charge is 0.348 e. The molecule has 1 fully saturated rings. The van der Waals surface area contributed by atoms with Gasteiger partial charge in [0.05, 0.1) is 17.1 Å². The molecule has 1 aliphatic rings. The maximum absolute atomic E-state index is 13.2. The molecule has 0 aliphatic carbocycles. The number of hydrogen-bond donors (Lipinski definition) is 1. The third kappa shape index (κ3) is 6.44. The van der Waals surface area contributed by atoms with Gasteiger partial charge in [0.25, 0.3) is 5.91 Å². The van der Waals surface area contributed by atoms with E-state index < -0.39 is 6.04 Å². The summed E-state index contributed by atoms with van der Waals surface area (Å²) in [6.07, 6.45) is 0.787. The average molecular weight is 423 g/mol. The number of amides is 3. The lowest BCUT2D eigenvalue weighted by Crippen LogP contribution is -2.52. The van der Waals surface area contributed by atoms with E-state index >= 15 is 0 Å². The van der Waals surface area contributed by atoms with E-state index in [-0.39, 0.29) is 23.6 Å². The maximum atomic E-state index is 13.2. The second-order valence-electron chi connectivity index (χ2n) is 7.92. The number of carbonyl (C=O) groups excluding carboxylic acids is 3. The Kier molecular flexibility index (Phi) is 8.46. The fraction of sp³-hybridized carbons (Fsp3) is 0.571. The molecule has 0 bridgehead atoms. The molecule has 1 saturated heterocycles. The quantitative estimate of drug-likeness (QED) is 0.757. The first-order valence-corrected chi connectivity index (χ1v) is 10.3. The van der Waals surface area contributed by atoms with E-state index in [9.17, 15) is 14.4 Å². The molecule has 0 radical (unpaired) electrons. The second-order valence-corrected chi connectivity index (χ2v) is 8.33. The summed E-state index contributed by atoms with van der Waals surface area (Å²) >= 11 is 6.12. The normalized spacial score (nSPS) is 16.3. The topological polar surface area (TPSA) is 73.0 Å². The lowest BCUT2D eigenvalue weighted by molar-refractivity contribution is -0.134. The first-order chi connectivity index (χ1) is 13.7.